The van der Waals surface area contributed by atoms with Crippen LogP contribution in [0.5, 0.6) is 0 Å². The second kappa shape index (κ2) is 3.15. The van der Waals surface area contributed by atoms with E-state index in [0.717, 1.165) is 5.71 Å². The van der Waals surface area contributed by atoms with E-state index in [2.05, 4.69) is 4.99 Å². The van der Waals surface area contributed by atoms with Crippen LogP contribution in [-0.2, 0) is 9.53 Å². The third-order valence-corrected chi connectivity index (χ3v) is 1.14. The molecular formula is C7H9NO2. The maximum Gasteiger partial charge on any atom is 0.311 e. The standard InChI is InChI=1S/C7H9NO2/c1-2-10-7(9)5-6-3-4-8-6/h3-4H,2,5H2,1H3. The molecule has 0 radical (unpaired) electrons. The fraction of sp³-hybridized carbons (Fsp3) is 0.429. The van der Waals surface area contributed by atoms with Crippen molar-refractivity contribution in [2.75, 3.05) is 6.61 Å². The fourth-order valence-corrected chi connectivity index (χ4v) is 0.644. The fourth-order valence-electron chi connectivity index (χ4n) is 0.644. The van der Waals surface area contributed by atoms with Crippen LogP contribution in [0.3, 0.4) is 0 Å². The first kappa shape index (κ1) is 6.99. The van der Waals surface area contributed by atoms with Crippen LogP contribution in [0.1, 0.15) is 13.3 Å². The maximum absolute atomic E-state index is 10.7. The Labute approximate surface area is 59.4 Å². The highest BCUT2D eigenvalue weighted by Gasteiger charge is 2.07. The zero-order valence-electron chi connectivity index (χ0n) is 5.83. The van der Waals surface area contributed by atoms with Crippen molar-refractivity contribution >= 4 is 11.7 Å². The largest absolute Gasteiger partial charge is 0.466 e. The molecule has 1 rings (SSSR count). The number of carbonyl (C=O) groups excluding carboxylic acids is 1. The number of carbonyl (C=O) groups is 1. The second-order valence-electron chi connectivity index (χ2n) is 1.92. The van der Waals surface area contributed by atoms with Gasteiger partial charge < -0.3 is 4.74 Å². The van der Waals surface area contributed by atoms with Crippen molar-refractivity contribution in [2.24, 2.45) is 4.99 Å². The molecule has 0 bridgehead atoms. The minimum atomic E-state index is -0.203. The molecule has 0 aromatic carbocycles. The van der Waals surface area contributed by atoms with Gasteiger partial charge in [-0.1, -0.05) is 0 Å². The second-order valence-corrected chi connectivity index (χ2v) is 1.92. The molecule has 0 amide bonds. The van der Waals surface area contributed by atoms with E-state index in [1.54, 1.807) is 19.2 Å². The van der Waals surface area contributed by atoms with Crippen molar-refractivity contribution in [3.63, 3.8) is 0 Å². The summed E-state index contributed by atoms with van der Waals surface area (Å²) in [6, 6.07) is 0. The molecule has 3 nitrogen and oxygen atoms in total. The van der Waals surface area contributed by atoms with Crippen molar-refractivity contribution in [3.8, 4) is 0 Å². The number of aliphatic imine (C=N–C) groups is 1. The lowest BCUT2D eigenvalue weighted by atomic mass is 10.2. The van der Waals surface area contributed by atoms with Gasteiger partial charge in [0.25, 0.3) is 0 Å². The van der Waals surface area contributed by atoms with Gasteiger partial charge in [0.1, 0.15) is 0 Å². The van der Waals surface area contributed by atoms with E-state index in [0.29, 0.717) is 13.0 Å². The minimum Gasteiger partial charge on any atom is -0.466 e. The predicted octanol–water partition coefficient (Wildman–Crippen LogP) is 0.908. The molecule has 0 aromatic heterocycles. The third-order valence-electron chi connectivity index (χ3n) is 1.14. The Morgan fingerprint density at radius 3 is 2.90 bits per heavy atom. The third kappa shape index (κ3) is 1.69. The Hall–Kier alpha value is -1.12. The Balaban J connectivity index is 2.18. The summed E-state index contributed by atoms with van der Waals surface area (Å²) >= 11 is 0. The van der Waals surface area contributed by atoms with E-state index in [9.17, 15) is 4.79 Å². The number of rotatable bonds is 3. The number of allylic oxidation sites excluding steroid dienone is 1. The van der Waals surface area contributed by atoms with Crippen LogP contribution < -0.4 is 0 Å². The molecule has 0 aliphatic carbocycles. The molecule has 0 aromatic rings. The quantitative estimate of drug-likeness (QED) is 0.545. The lowest BCUT2D eigenvalue weighted by Gasteiger charge is -2.04. The zero-order chi connectivity index (χ0) is 7.40. The number of ether oxygens (including phenoxy) is 1. The van der Waals surface area contributed by atoms with E-state index in [1.165, 1.54) is 0 Å². The Morgan fingerprint density at radius 1 is 1.80 bits per heavy atom. The average Bonchev–Trinajstić information content (AvgIpc) is 1.80. The average molecular weight is 139 g/mol. The van der Waals surface area contributed by atoms with Crippen LogP contribution in [-0.4, -0.2) is 18.3 Å². The monoisotopic (exact) mass is 139 g/mol. The summed E-state index contributed by atoms with van der Waals surface area (Å²) in [5, 5.41) is 0. The molecule has 3 heteroatoms. The highest BCUT2D eigenvalue weighted by atomic mass is 16.5. The van der Waals surface area contributed by atoms with Gasteiger partial charge in [0, 0.05) is 6.20 Å². The number of hydrogen-bond acceptors (Lipinski definition) is 3. The molecule has 1 aliphatic rings. The molecule has 0 saturated heterocycles. The van der Waals surface area contributed by atoms with Crippen LogP contribution >= 0.6 is 0 Å². The zero-order valence-corrected chi connectivity index (χ0v) is 5.83. The minimum absolute atomic E-state index is 0.203. The molecule has 1 heterocycles. The van der Waals surface area contributed by atoms with Crippen LogP contribution in [0.15, 0.2) is 17.3 Å². The van der Waals surface area contributed by atoms with Crippen LogP contribution in [0, 0.1) is 0 Å². The molecule has 54 valence electrons. The van der Waals surface area contributed by atoms with Crippen molar-refractivity contribution in [3.05, 3.63) is 12.3 Å². The molecule has 0 N–H and O–H groups in total. The molecule has 0 unspecified atom stereocenters. The lowest BCUT2D eigenvalue weighted by molar-refractivity contribution is -0.141. The van der Waals surface area contributed by atoms with Gasteiger partial charge in [-0.25, -0.2) is 0 Å². The van der Waals surface area contributed by atoms with Gasteiger partial charge in [0.2, 0.25) is 0 Å². The molecule has 0 spiro atoms. The summed E-state index contributed by atoms with van der Waals surface area (Å²) in [5.74, 6) is -0.203. The number of esters is 1. The number of nitrogens with zero attached hydrogens (tertiary/aromatic N) is 1. The Bertz CT molecular complexity index is 194. The highest BCUT2D eigenvalue weighted by molar-refractivity contribution is 6.08. The van der Waals surface area contributed by atoms with E-state index in [4.69, 9.17) is 4.74 Å². The first-order valence-corrected chi connectivity index (χ1v) is 3.21. The first-order valence-electron chi connectivity index (χ1n) is 3.21. The predicted molar refractivity (Wildman–Crippen MR) is 37.8 cm³/mol. The Morgan fingerprint density at radius 2 is 2.50 bits per heavy atom. The summed E-state index contributed by atoms with van der Waals surface area (Å²) in [6.07, 6.45) is 3.77. The van der Waals surface area contributed by atoms with Crippen molar-refractivity contribution in [2.45, 2.75) is 13.3 Å². The molecule has 0 fully saturated rings. The van der Waals surface area contributed by atoms with Gasteiger partial charge in [-0.15, -0.1) is 0 Å². The molecule has 0 saturated carbocycles. The van der Waals surface area contributed by atoms with Gasteiger partial charge in [-0.2, -0.15) is 0 Å². The topological polar surface area (TPSA) is 38.7 Å². The van der Waals surface area contributed by atoms with Gasteiger partial charge in [-0.05, 0) is 13.0 Å². The summed E-state index contributed by atoms with van der Waals surface area (Å²) in [4.78, 5) is 14.5. The van der Waals surface area contributed by atoms with E-state index < -0.39 is 0 Å². The summed E-state index contributed by atoms with van der Waals surface area (Å²) in [5.41, 5.74) is 0.804. The highest BCUT2D eigenvalue weighted by Crippen LogP contribution is 2.01. The van der Waals surface area contributed by atoms with Gasteiger partial charge in [0.15, 0.2) is 0 Å². The Kier molecular flexibility index (Phi) is 2.20. The summed E-state index contributed by atoms with van der Waals surface area (Å²) < 4.78 is 4.69. The van der Waals surface area contributed by atoms with Crippen LogP contribution in [0.2, 0.25) is 0 Å². The lowest BCUT2D eigenvalue weighted by Crippen LogP contribution is -2.11. The first-order chi connectivity index (χ1) is 4.83. The van der Waals surface area contributed by atoms with Crippen LogP contribution in [0.25, 0.3) is 0 Å². The van der Waals surface area contributed by atoms with Crippen molar-refractivity contribution < 1.29 is 9.53 Å². The molecule has 0 atom stereocenters. The summed E-state index contributed by atoms with van der Waals surface area (Å²) in [6.45, 7) is 2.23. The maximum atomic E-state index is 10.7. The van der Waals surface area contributed by atoms with Crippen molar-refractivity contribution in [1.82, 2.24) is 0 Å². The molecular weight excluding hydrogens is 130 g/mol. The van der Waals surface area contributed by atoms with Gasteiger partial charge >= 0.3 is 5.97 Å². The van der Waals surface area contributed by atoms with E-state index in [-0.39, 0.29) is 5.97 Å². The smallest absolute Gasteiger partial charge is 0.311 e. The van der Waals surface area contributed by atoms with Gasteiger partial charge in [0.05, 0.1) is 18.7 Å². The SMILES string of the molecule is CCOC(=O)CC1=NC=C1. The van der Waals surface area contributed by atoms with E-state index >= 15 is 0 Å². The molecule has 10 heavy (non-hydrogen) atoms. The van der Waals surface area contributed by atoms with E-state index in [1.807, 2.05) is 0 Å². The van der Waals surface area contributed by atoms with Gasteiger partial charge in [-0.3, -0.25) is 9.79 Å². The van der Waals surface area contributed by atoms with Crippen molar-refractivity contribution in [1.29, 1.82) is 0 Å². The normalized spacial score (nSPS) is 13.9. The van der Waals surface area contributed by atoms with Crippen LogP contribution in [0.4, 0.5) is 0 Å². The summed E-state index contributed by atoms with van der Waals surface area (Å²) in [7, 11) is 0. The number of hydrogen-bond donors (Lipinski definition) is 0. The molecule has 1 aliphatic heterocycles.